The number of nitrogens with one attached hydrogen (secondary N) is 1. The molecule has 0 amide bonds. The largest absolute Gasteiger partial charge is 0.373 e. The summed E-state index contributed by atoms with van der Waals surface area (Å²) in [7, 11) is 1.89. The zero-order valence-electron chi connectivity index (χ0n) is 8.33. The van der Waals surface area contributed by atoms with Gasteiger partial charge in [0.05, 0.1) is 0 Å². The highest BCUT2D eigenvalue weighted by molar-refractivity contribution is 5.75. The van der Waals surface area contributed by atoms with Gasteiger partial charge >= 0.3 is 0 Å². The Morgan fingerprint density at radius 2 is 2.29 bits per heavy atom. The fourth-order valence-electron chi connectivity index (χ4n) is 1.57. The molecule has 0 bridgehead atoms. The van der Waals surface area contributed by atoms with Crippen molar-refractivity contribution in [1.29, 1.82) is 0 Å². The van der Waals surface area contributed by atoms with Crippen LogP contribution in [0.1, 0.15) is 18.4 Å². The third-order valence-corrected chi connectivity index (χ3v) is 2.34. The minimum atomic E-state index is 0.919. The van der Waals surface area contributed by atoms with Crippen LogP contribution >= 0.6 is 0 Å². The Morgan fingerprint density at radius 3 is 3.00 bits per heavy atom. The summed E-state index contributed by atoms with van der Waals surface area (Å²) in [6, 6.07) is 4.11. The average Bonchev–Trinajstić information content (AvgIpc) is 2.30. The third-order valence-electron chi connectivity index (χ3n) is 2.34. The lowest BCUT2D eigenvalue weighted by Crippen LogP contribution is -1.93. The molecule has 0 saturated carbocycles. The van der Waals surface area contributed by atoms with Crippen molar-refractivity contribution in [3.05, 3.63) is 42.1 Å². The molecule has 2 rings (SSSR count). The van der Waals surface area contributed by atoms with E-state index in [1.54, 1.807) is 0 Å². The Morgan fingerprint density at radius 1 is 1.36 bits per heavy atom. The Balaban J connectivity index is 2.31. The van der Waals surface area contributed by atoms with Crippen LogP contribution in [0.3, 0.4) is 0 Å². The van der Waals surface area contributed by atoms with Crippen molar-refractivity contribution >= 4 is 11.4 Å². The van der Waals surface area contributed by atoms with Crippen LogP contribution in [-0.4, -0.2) is 12.0 Å². The van der Waals surface area contributed by atoms with Crippen LogP contribution in [0.2, 0.25) is 0 Å². The molecule has 0 radical (unpaired) electrons. The maximum atomic E-state index is 4.19. The number of allylic oxidation sites excluding steroid dienone is 4. The molecule has 1 aliphatic rings. The van der Waals surface area contributed by atoms with Gasteiger partial charge in [0, 0.05) is 13.2 Å². The lowest BCUT2D eigenvalue weighted by Gasteiger charge is -2.08. The monoisotopic (exact) mass is 186 g/mol. The van der Waals surface area contributed by atoms with Gasteiger partial charge in [-0.25, -0.2) is 4.98 Å². The van der Waals surface area contributed by atoms with Gasteiger partial charge in [0.1, 0.15) is 5.82 Å². The first-order valence-electron chi connectivity index (χ1n) is 4.91. The highest BCUT2D eigenvalue weighted by Gasteiger charge is 2.01. The molecule has 2 heteroatoms. The number of anilines is 1. The van der Waals surface area contributed by atoms with Crippen LogP contribution < -0.4 is 5.32 Å². The summed E-state index contributed by atoms with van der Waals surface area (Å²) in [4.78, 5) is 4.19. The van der Waals surface area contributed by atoms with E-state index in [4.69, 9.17) is 0 Å². The van der Waals surface area contributed by atoms with Crippen molar-refractivity contribution in [1.82, 2.24) is 4.98 Å². The predicted octanol–water partition coefficient (Wildman–Crippen LogP) is 2.86. The fraction of sp³-hybridized carbons (Fsp3) is 0.250. The number of aromatic nitrogens is 1. The second kappa shape index (κ2) is 4.09. The van der Waals surface area contributed by atoms with Gasteiger partial charge in [-0.3, -0.25) is 0 Å². The van der Waals surface area contributed by atoms with Gasteiger partial charge < -0.3 is 5.32 Å². The molecule has 1 aromatic rings. The first-order valence-corrected chi connectivity index (χ1v) is 4.91. The molecule has 1 N–H and O–H groups in total. The highest BCUT2D eigenvalue weighted by atomic mass is 14.9. The molecule has 0 aliphatic heterocycles. The SMILES string of the molecule is CNc1cc(C2=CCCC=C2)ccn1. The summed E-state index contributed by atoms with van der Waals surface area (Å²) in [5.74, 6) is 0.919. The van der Waals surface area contributed by atoms with Gasteiger partial charge in [0.25, 0.3) is 0 Å². The maximum absolute atomic E-state index is 4.19. The van der Waals surface area contributed by atoms with Crippen molar-refractivity contribution < 1.29 is 0 Å². The molecule has 1 aromatic heterocycles. The first kappa shape index (κ1) is 9.00. The number of nitrogens with zero attached hydrogens (tertiary/aromatic N) is 1. The Hall–Kier alpha value is -1.57. The summed E-state index contributed by atoms with van der Waals surface area (Å²) in [5.41, 5.74) is 2.54. The molecule has 0 atom stereocenters. The molecular formula is C12H14N2. The van der Waals surface area contributed by atoms with E-state index in [0.29, 0.717) is 0 Å². The van der Waals surface area contributed by atoms with E-state index in [1.807, 2.05) is 19.3 Å². The Bertz CT molecular complexity index is 378. The summed E-state index contributed by atoms with van der Waals surface area (Å²) < 4.78 is 0. The summed E-state index contributed by atoms with van der Waals surface area (Å²) in [6.07, 6.45) is 10.8. The number of rotatable bonds is 2. The molecule has 0 spiro atoms. The van der Waals surface area contributed by atoms with Crippen molar-refractivity contribution in [2.45, 2.75) is 12.8 Å². The van der Waals surface area contributed by atoms with E-state index in [9.17, 15) is 0 Å². The topological polar surface area (TPSA) is 24.9 Å². The van der Waals surface area contributed by atoms with E-state index >= 15 is 0 Å². The zero-order chi connectivity index (χ0) is 9.80. The second-order valence-corrected chi connectivity index (χ2v) is 3.32. The van der Waals surface area contributed by atoms with Crippen LogP contribution in [0, 0.1) is 0 Å². The van der Waals surface area contributed by atoms with Crippen LogP contribution in [0.15, 0.2) is 36.6 Å². The smallest absolute Gasteiger partial charge is 0.126 e. The quantitative estimate of drug-likeness (QED) is 0.768. The van der Waals surface area contributed by atoms with Gasteiger partial charge in [-0.15, -0.1) is 0 Å². The number of pyridine rings is 1. The molecule has 1 aliphatic carbocycles. The minimum Gasteiger partial charge on any atom is -0.373 e. The summed E-state index contributed by atoms with van der Waals surface area (Å²) >= 11 is 0. The van der Waals surface area contributed by atoms with E-state index in [0.717, 1.165) is 18.7 Å². The van der Waals surface area contributed by atoms with Crippen molar-refractivity contribution in [3.8, 4) is 0 Å². The molecule has 14 heavy (non-hydrogen) atoms. The fourth-order valence-corrected chi connectivity index (χ4v) is 1.57. The predicted molar refractivity (Wildman–Crippen MR) is 60.1 cm³/mol. The van der Waals surface area contributed by atoms with Gasteiger partial charge in [0.15, 0.2) is 0 Å². The number of hydrogen-bond acceptors (Lipinski definition) is 2. The maximum Gasteiger partial charge on any atom is 0.126 e. The highest BCUT2D eigenvalue weighted by Crippen LogP contribution is 2.22. The number of hydrogen-bond donors (Lipinski definition) is 1. The van der Waals surface area contributed by atoms with Gasteiger partial charge in [-0.1, -0.05) is 18.2 Å². The molecular weight excluding hydrogens is 172 g/mol. The Kier molecular flexibility index (Phi) is 2.63. The first-order chi connectivity index (χ1) is 6.90. The molecule has 0 saturated heterocycles. The molecule has 0 fully saturated rings. The van der Waals surface area contributed by atoms with E-state index < -0.39 is 0 Å². The van der Waals surface area contributed by atoms with Crippen LogP contribution in [0.4, 0.5) is 5.82 Å². The lowest BCUT2D eigenvalue weighted by molar-refractivity contribution is 1.04. The second-order valence-electron chi connectivity index (χ2n) is 3.32. The van der Waals surface area contributed by atoms with Crippen molar-refractivity contribution in [3.63, 3.8) is 0 Å². The van der Waals surface area contributed by atoms with E-state index in [-0.39, 0.29) is 0 Å². The van der Waals surface area contributed by atoms with Crippen LogP contribution in [-0.2, 0) is 0 Å². The minimum absolute atomic E-state index is 0.919. The Labute approximate surface area is 84.4 Å². The molecule has 1 heterocycles. The van der Waals surface area contributed by atoms with Gasteiger partial charge in [-0.2, -0.15) is 0 Å². The van der Waals surface area contributed by atoms with E-state index in [1.165, 1.54) is 11.1 Å². The molecule has 0 aromatic carbocycles. The lowest BCUT2D eigenvalue weighted by atomic mass is 10.0. The van der Waals surface area contributed by atoms with Crippen LogP contribution in [0.5, 0.6) is 0 Å². The molecule has 0 unspecified atom stereocenters. The van der Waals surface area contributed by atoms with Crippen molar-refractivity contribution in [2.24, 2.45) is 0 Å². The molecule has 72 valence electrons. The standard InChI is InChI=1S/C12H14N2/c1-13-12-9-11(7-8-14-12)10-5-3-2-4-6-10/h3,5-9H,2,4H2,1H3,(H,13,14). The normalized spacial score (nSPS) is 15.1. The van der Waals surface area contributed by atoms with E-state index in [2.05, 4.69) is 34.6 Å². The third kappa shape index (κ3) is 1.84. The van der Waals surface area contributed by atoms with Crippen molar-refractivity contribution in [2.75, 3.05) is 12.4 Å². The average molecular weight is 186 g/mol. The molecule has 2 nitrogen and oxygen atoms in total. The van der Waals surface area contributed by atoms with Crippen LogP contribution in [0.25, 0.3) is 5.57 Å². The summed E-state index contributed by atoms with van der Waals surface area (Å²) in [5, 5.41) is 3.04. The van der Waals surface area contributed by atoms with Gasteiger partial charge in [0.2, 0.25) is 0 Å². The summed E-state index contributed by atoms with van der Waals surface area (Å²) in [6.45, 7) is 0. The van der Waals surface area contributed by atoms with Gasteiger partial charge in [-0.05, 0) is 36.1 Å². The zero-order valence-corrected chi connectivity index (χ0v) is 8.33.